The summed E-state index contributed by atoms with van der Waals surface area (Å²) in [5.74, 6) is 35.9. The molecule has 0 amide bonds. The number of hydrogen-bond donors (Lipinski definition) is 0. The summed E-state index contributed by atoms with van der Waals surface area (Å²) in [5, 5.41) is 0. The Morgan fingerprint density at radius 3 is 0.722 bits per heavy atom. The number of hydrogen-bond acceptors (Lipinski definition) is 0. The third kappa shape index (κ3) is 7.98. The Labute approximate surface area is 213 Å². The molecule has 162 valence electrons. The van der Waals surface area contributed by atoms with Crippen molar-refractivity contribution in [2.24, 2.45) is 0 Å². The van der Waals surface area contributed by atoms with Crippen LogP contribution >= 0.6 is 0 Å². The third-order valence-electron chi connectivity index (χ3n) is 4.68. The molecule has 4 aromatic carbocycles. The highest BCUT2D eigenvalue weighted by molar-refractivity contribution is 5.55. The van der Waals surface area contributed by atoms with Crippen LogP contribution in [0.25, 0.3) is 0 Å². The topological polar surface area (TPSA) is 0 Å². The molecule has 0 aliphatic carbocycles. The number of rotatable bonds is 0. The van der Waals surface area contributed by atoms with Crippen molar-refractivity contribution in [3.63, 3.8) is 0 Å². The fraction of sp³-hybridized carbons (Fsp3) is 0. The minimum atomic E-state index is 0.778. The van der Waals surface area contributed by atoms with Crippen molar-refractivity contribution in [2.45, 2.75) is 0 Å². The average Bonchev–Trinajstić information content (AvgIpc) is 2.93. The van der Waals surface area contributed by atoms with E-state index in [1.807, 2.05) is 109 Å². The maximum absolute atomic E-state index is 3.10. The highest BCUT2D eigenvalue weighted by Crippen LogP contribution is 2.08. The van der Waals surface area contributed by atoms with E-state index in [0.717, 1.165) is 33.4 Å². The fourth-order valence-corrected chi connectivity index (χ4v) is 3.03. The average molecular weight is 451 g/mol. The van der Waals surface area contributed by atoms with Gasteiger partial charge in [0.25, 0.3) is 0 Å². The van der Waals surface area contributed by atoms with Crippen LogP contribution in [0.1, 0.15) is 33.4 Å². The predicted molar refractivity (Wildman–Crippen MR) is 147 cm³/mol. The van der Waals surface area contributed by atoms with E-state index in [1.165, 1.54) is 0 Å². The molecule has 0 fully saturated rings. The van der Waals surface area contributed by atoms with E-state index < -0.39 is 0 Å². The van der Waals surface area contributed by atoms with Gasteiger partial charge in [-0.2, -0.15) is 0 Å². The van der Waals surface area contributed by atoms with Crippen molar-refractivity contribution >= 4 is 0 Å². The Hall–Kier alpha value is -5.76. The lowest BCUT2D eigenvalue weighted by atomic mass is 10.1. The van der Waals surface area contributed by atoms with Gasteiger partial charge in [-0.25, -0.2) is 0 Å². The molecule has 0 unspecified atom stereocenters. The van der Waals surface area contributed by atoms with Gasteiger partial charge in [0.1, 0.15) is 0 Å². The lowest BCUT2D eigenvalue weighted by Crippen LogP contribution is -1.84. The van der Waals surface area contributed by atoms with Crippen molar-refractivity contribution < 1.29 is 0 Å². The van der Waals surface area contributed by atoms with Gasteiger partial charge >= 0.3 is 0 Å². The fourth-order valence-electron chi connectivity index (χ4n) is 3.03. The van der Waals surface area contributed by atoms with E-state index >= 15 is 0 Å². The summed E-state index contributed by atoms with van der Waals surface area (Å²) in [6, 6.07) is 35.0. The SMILES string of the molecule is C(C#Cc1cc(C#CC#Cc2ccccc2)cc(C#CC#Cc2ccccc2)c1)#Cc1ccccc1. The van der Waals surface area contributed by atoms with Crippen LogP contribution in [0, 0.1) is 71.0 Å². The molecule has 0 bridgehead atoms. The van der Waals surface area contributed by atoms with Gasteiger partial charge in [0.2, 0.25) is 0 Å². The van der Waals surface area contributed by atoms with Gasteiger partial charge in [-0.1, -0.05) is 90.1 Å². The van der Waals surface area contributed by atoms with Crippen LogP contribution in [-0.4, -0.2) is 0 Å². The Morgan fingerprint density at radius 1 is 0.250 bits per heavy atom. The molecule has 0 heteroatoms. The van der Waals surface area contributed by atoms with Crippen LogP contribution in [0.2, 0.25) is 0 Å². The minimum Gasteiger partial charge on any atom is -0.0622 e. The van der Waals surface area contributed by atoms with E-state index in [-0.39, 0.29) is 0 Å². The molecule has 0 nitrogen and oxygen atoms in total. The first-order chi connectivity index (χ1) is 17.8. The van der Waals surface area contributed by atoms with Gasteiger partial charge in [-0.15, -0.1) is 0 Å². The zero-order valence-electron chi connectivity index (χ0n) is 19.4. The summed E-state index contributed by atoms with van der Waals surface area (Å²) in [5.41, 5.74) is 5.10. The second-order valence-corrected chi connectivity index (χ2v) is 7.40. The molecular formula is C36H18. The first-order valence-electron chi connectivity index (χ1n) is 11.2. The molecule has 36 heavy (non-hydrogen) atoms. The van der Waals surface area contributed by atoms with E-state index in [4.69, 9.17) is 0 Å². The molecule has 0 saturated carbocycles. The normalized spacial score (nSPS) is 8.33. The Morgan fingerprint density at radius 2 is 0.472 bits per heavy atom. The molecule has 0 radical (unpaired) electrons. The summed E-state index contributed by atoms with van der Waals surface area (Å²) in [6.07, 6.45) is 0. The molecule has 0 aliphatic heterocycles. The number of benzene rings is 4. The Bertz CT molecular complexity index is 1500. The van der Waals surface area contributed by atoms with Crippen molar-refractivity contribution in [2.75, 3.05) is 0 Å². The first kappa shape index (κ1) is 23.4. The zero-order valence-corrected chi connectivity index (χ0v) is 19.4. The van der Waals surface area contributed by atoms with Crippen LogP contribution < -0.4 is 0 Å². The first-order valence-corrected chi connectivity index (χ1v) is 11.2. The van der Waals surface area contributed by atoms with Crippen LogP contribution in [0.3, 0.4) is 0 Å². The Balaban J connectivity index is 1.60. The summed E-state index contributed by atoms with van der Waals surface area (Å²) in [6.45, 7) is 0. The largest absolute Gasteiger partial charge is 0.0622 e. The monoisotopic (exact) mass is 450 g/mol. The van der Waals surface area contributed by atoms with Crippen molar-refractivity contribution in [1.29, 1.82) is 0 Å². The van der Waals surface area contributed by atoms with Crippen molar-refractivity contribution in [3.8, 4) is 71.0 Å². The highest BCUT2D eigenvalue weighted by atomic mass is 14.0. The standard InChI is InChI=1S/C36H18/c1-4-16-31(17-5-1)22-10-13-25-34-28-35(26-14-11-23-32-18-6-2-7-19-32)30-36(29-34)27-15-12-24-33-20-8-3-9-21-33/h1-9,16-21,28-30H. The lowest BCUT2D eigenvalue weighted by molar-refractivity contribution is 1.56. The van der Waals surface area contributed by atoms with Gasteiger partial charge in [0, 0.05) is 33.4 Å². The lowest BCUT2D eigenvalue weighted by Gasteiger charge is -1.96. The molecule has 0 spiro atoms. The molecular weight excluding hydrogens is 432 g/mol. The van der Waals surface area contributed by atoms with E-state index in [1.54, 1.807) is 0 Å². The van der Waals surface area contributed by atoms with Gasteiger partial charge in [0.15, 0.2) is 0 Å². The maximum Gasteiger partial charge on any atom is 0.0280 e. The molecule has 0 heterocycles. The van der Waals surface area contributed by atoms with Crippen molar-refractivity contribution in [3.05, 3.63) is 143 Å². The molecule has 0 atom stereocenters. The van der Waals surface area contributed by atoms with E-state index in [9.17, 15) is 0 Å². The summed E-state index contributed by atoms with van der Waals surface area (Å²) in [4.78, 5) is 0. The molecule has 0 saturated heterocycles. The quantitative estimate of drug-likeness (QED) is 0.293. The Kier molecular flexibility index (Phi) is 8.50. The van der Waals surface area contributed by atoms with E-state index in [0.29, 0.717) is 0 Å². The highest BCUT2D eigenvalue weighted by Gasteiger charge is 1.96. The van der Waals surface area contributed by atoms with E-state index in [2.05, 4.69) is 71.0 Å². The second-order valence-electron chi connectivity index (χ2n) is 7.40. The van der Waals surface area contributed by atoms with Crippen molar-refractivity contribution in [1.82, 2.24) is 0 Å². The minimum absolute atomic E-state index is 0.778. The molecule has 0 aromatic heterocycles. The maximum atomic E-state index is 3.10. The summed E-state index contributed by atoms with van der Waals surface area (Å²) in [7, 11) is 0. The third-order valence-corrected chi connectivity index (χ3v) is 4.68. The van der Waals surface area contributed by atoms with Gasteiger partial charge in [-0.3, -0.25) is 0 Å². The van der Waals surface area contributed by atoms with Gasteiger partial charge in [0.05, 0.1) is 0 Å². The smallest absolute Gasteiger partial charge is 0.0280 e. The molecule has 0 N–H and O–H groups in total. The molecule has 0 aliphatic rings. The van der Waals surface area contributed by atoms with Crippen LogP contribution in [0.5, 0.6) is 0 Å². The van der Waals surface area contributed by atoms with Gasteiger partial charge < -0.3 is 0 Å². The molecule has 4 rings (SSSR count). The van der Waals surface area contributed by atoms with Crippen LogP contribution in [0.4, 0.5) is 0 Å². The van der Waals surface area contributed by atoms with Crippen LogP contribution in [0.15, 0.2) is 109 Å². The van der Waals surface area contributed by atoms with Gasteiger partial charge in [-0.05, 0) is 90.1 Å². The van der Waals surface area contributed by atoms with Crippen LogP contribution in [-0.2, 0) is 0 Å². The molecule has 4 aromatic rings. The summed E-state index contributed by atoms with van der Waals surface area (Å²) < 4.78 is 0. The second kappa shape index (κ2) is 13.1. The summed E-state index contributed by atoms with van der Waals surface area (Å²) >= 11 is 0. The predicted octanol–water partition coefficient (Wildman–Crippen LogP) is 5.90. The zero-order chi connectivity index (χ0) is 24.7.